The van der Waals surface area contributed by atoms with E-state index in [0.29, 0.717) is 44.4 Å². The Hall–Kier alpha value is -3.35. The summed E-state index contributed by atoms with van der Waals surface area (Å²) in [4.78, 5) is 18.6. The second kappa shape index (κ2) is 10.1. The molecule has 4 nitrogen and oxygen atoms in total. The molecule has 0 aliphatic heterocycles. The summed E-state index contributed by atoms with van der Waals surface area (Å²) >= 11 is 7.90. The highest BCUT2D eigenvalue weighted by Crippen LogP contribution is 2.33. The molecule has 0 fully saturated rings. The summed E-state index contributed by atoms with van der Waals surface area (Å²) in [6.45, 7) is 0. The van der Waals surface area contributed by atoms with Crippen molar-refractivity contribution in [1.29, 1.82) is 0 Å². The molecule has 33 heavy (non-hydrogen) atoms. The van der Waals surface area contributed by atoms with Gasteiger partial charge in [0.1, 0.15) is 11.6 Å². The van der Waals surface area contributed by atoms with Crippen molar-refractivity contribution in [2.75, 3.05) is 18.7 Å². The number of rotatable bonds is 6. The second-order valence-electron chi connectivity index (χ2n) is 7.15. The van der Waals surface area contributed by atoms with Gasteiger partial charge in [0.2, 0.25) is 0 Å². The van der Waals surface area contributed by atoms with E-state index in [1.807, 2.05) is 36.6 Å². The molecule has 0 radical (unpaired) electrons. The summed E-state index contributed by atoms with van der Waals surface area (Å²) in [5.74, 6) is -0.387. The van der Waals surface area contributed by atoms with E-state index in [2.05, 4.69) is 10.3 Å². The molecule has 0 unspecified atom stereocenters. The molecule has 0 saturated carbocycles. The van der Waals surface area contributed by atoms with Gasteiger partial charge in [-0.3, -0.25) is 9.78 Å². The molecule has 166 valence electrons. The fraction of sp³-hybridized carbons (Fsp3) is 0.0769. The average Bonchev–Trinajstić information content (AvgIpc) is 2.84. The molecule has 4 rings (SSSR count). The Balaban J connectivity index is 1.72. The summed E-state index contributed by atoms with van der Waals surface area (Å²) < 4.78 is 19.4. The molecule has 1 N–H and O–H groups in total. The van der Waals surface area contributed by atoms with Crippen molar-refractivity contribution >= 4 is 35.0 Å². The SMILES string of the molecule is COc1cc(F)cc(-c2cc(SC)ccc2C(=O)Nc2ccc(Cl)c(-c3ccccn3)c2)c1. The largest absolute Gasteiger partial charge is 0.497 e. The number of ether oxygens (including phenoxy) is 1. The normalized spacial score (nSPS) is 10.7. The maximum Gasteiger partial charge on any atom is 0.256 e. The summed E-state index contributed by atoms with van der Waals surface area (Å²) in [6.07, 6.45) is 3.63. The fourth-order valence-corrected chi connectivity index (χ4v) is 4.10. The van der Waals surface area contributed by atoms with Crippen LogP contribution in [0.5, 0.6) is 5.75 Å². The van der Waals surface area contributed by atoms with Crippen molar-refractivity contribution in [3.63, 3.8) is 0 Å². The fourth-order valence-electron chi connectivity index (χ4n) is 3.44. The summed E-state index contributed by atoms with van der Waals surface area (Å²) in [6, 6.07) is 20.6. The number of hydrogen-bond donors (Lipinski definition) is 1. The van der Waals surface area contributed by atoms with Crippen molar-refractivity contribution in [2.45, 2.75) is 4.90 Å². The van der Waals surface area contributed by atoms with Gasteiger partial charge in [-0.25, -0.2) is 4.39 Å². The number of thioether (sulfide) groups is 1. The maximum absolute atomic E-state index is 14.2. The molecule has 4 aromatic rings. The summed E-state index contributed by atoms with van der Waals surface area (Å²) in [5.41, 5.74) is 3.56. The lowest BCUT2D eigenvalue weighted by Crippen LogP contribution is -2.13. The molecule has 0 aliphatic carbocycles. The van der Waals surface area contributed by atoms with Crippen LogP contribution in [0.3, 0.4) is 0 Å². The first-order valence-corrected chi connectivity index (χ1v) is 11.6. The first-order valence-electron chi connectivity index (χ1n) is 10.0. The van der Waals surface area contributed by atoms with Gasteiger partial charge in [0, 0.05) is 34.0 Å². The number of halogens is 2. The maximum atomic E-state index is 14.2. The summed E-state index contributed by atoms with van der Waals surface area (Å²) in [5, 5.41) is 3.46. The quantitative estimate of drug-likeness (QED) is 0.298. The minimum absolute atomic E-state index is 0.324. The monoisotopic (exact) mass is 478 g/mol. The first-order chi connectivity index (χ1) is 16.0. The van der Waals surface area contributed by atoms with Crippen LogP contribution in [0.25, 0.3) is 22.4 Å². The molecule has 0 spiro atoms. The number of pyridine rings is 1. The van der Waals surface area contributed by atoms with Crippen LogP contribution in [0.15, 0.2) is 83.9 Å². The molecule has 7 heteroatoms. The van der Waals surface area contributed by atoms with Crippen LogP contribution >= 0.6 is 23.4 Å². The number of amides is 1. The number of nitrogens with zero attached hydrogens (tertiary/aromatic N) is 1. The Kier molecular flexibility index (Phi) is 6.96. The van der Waals surface area contributed by atoms with E-state index in [-0.39, 0.29) is 5.91 Å². The van der Waals surface area contributed by atoms with Gasteiger partial charge in [-0.2, -0.15) is 0 Å². The highest BCUT2D eigenvalue weighted by atomic mass is 35.5. The van der Waals surface area contributed by atoms with Gasteiger partial charge in [-0.15, -0.1) is 11.8 Å². The van der Waals surface area contributed by atoms with E-state index in [1.165, 1.54) is 31.0 Å². The van der Waals surface area contributed by atoms with Crippen molar-refractivity contribution in [3.05, 3.63) is 95.4 Å². The van der Waals surface area contributed by atoms with Gasteiger partial charge in [0.05, 0.1) is 17.8 Å². The van der Waals surface area contributed by atoms with Crippen LogP contribution in [-0.4, -0.2) is 24.3 Å². The number of nitrogens with one attached hydrogen (secondary N) is 1. The zero-order valence-corrected chi connectivity index (χ0v) is 19.5. The first kappa shape index (κ1) is 22.8. The minimum Gasteiger partial charge on any atom is -0.497 e. The van der Waals surface area contributed by atoms with Gasteiger partial charge in [0.15, 0.2) is 0 Å². The van der Waals surface area contributed by atoms with Gasteiger partial charge in [-0.1, -0.05) is 17.7 Å². The highest BCUT2D eigenvalue weighted by Gasteiger charge is 2.17. The molecule has 1 amide bonds. The van der Waals surface area contributed by atoms with E-state index < -0.39 is 5.82 Å². The number of benzene rings is 3. The van der Waals surface area contributed by atoms with Crippen molar-refractivity contribution in [1.82, 2.24) is 4.98 Å². The number of anilines is 1. The lowest BCUT2D eigenvalue weighted by atomic mass is 9.98. The second-order valence-corrected chi connectivity index (χ2v) is 8.44. The van der Waals surface area contributed by atoms with E-state index in [0.717, 1.165) is 4.90 Å². The predicted molar refractivity (Wildman–Crippen MR) is 133 cm³/mol. The van der Waals surface area contributed by atoms with Gasteiger partial charge in [-0.05, 0) is 78.0 Å². The zero-order valence-electron chi connectivity index (χ0n) is 17.9. The Labute approximate surface area is 200 Å². The van der Waals surface area contributed by atoms with Crippen LogP contribution in [0.4, 0.5) is 10.1 Å². The Morgan fingerprint density at radius 3 is 2.61 bits per heavy atom. The Morgan fingerprint density at radius 1 is 1.03 bits per heavy atom. The number of carbonyl (C=O) groups is 1. The van der Waals surface area contributed by atoms with E-state index in [1.54, 1.807) is 36.5 Å². The topological polar surface area (TPSA) is 51.2 Å². The molecule has 0 saturated heterocycles. The van der Waals surface area contributed by atoms with Gasteiger partial charge >= 0.3 is 0 Å². The summed E-state index contributed by atoms with van der Waals surface area (Å²) in [7, 11) is 1.48. The number of carbonyl (C=O) groups excluding carboxylic acids is 1. The molecule has 0 aliphatic rings. The molecule has 0 bridgehead atoms. The lowest BCUT2D eigenvalue weighted by Gasteiger charge is -2.14. The number of methoxy groups -OCH3 is 1. The zero-order chi connectivity index (χ0) is 23.4. The van der Waals surface area contributed by atoms with Crippen LogP contribution in [0.2, 0.25) is 5.02 Å². The third kappa shape index (κ3) is 5.18. The number of hydrogen-bond acceptors (Lipinski definition) is 4. The molecular formula is C26H20ClFN2O2S. The van der Waals surface area contributed by atoms with Gasteiger partial charge in [0.25, 0.3) is 5.91 Å². The van der Waals surface area contributed by atoms with Crippen LogP contribution in [0.1, 0.15) is 10.4 Å². The molecular weight excluding hydrogens is 459 g/mol. The molecule has 1 aromatic heterocycles. The van der Waals surface area contributed by atoms with Crippen molar-refractivity contribution in [2.24, 2.45) is 0 Å². The van der Waals surface area contributed by atoms with E-state index in [4.69, 9.17) is 16.3 Å². The van der Waals surface area contributed by atoms with Gasteiger partial charge < -0.3 is 10.1 Å². The van der Waals surface area contributed by atoms with Crippen molar-refractivity contribution in [3.8, 4) is 28.1 Å². The average molecular weight is 479 g/mol. The smallest absolute Gasteiger partial charge is 0.256 e. The molecule has 1 heterocycles. The Bertz CT molecular complexity index is 1320. The van der Waals surface area contributed by atoms with Crippen molar-refractivity contribution < 1.29 is 13.9 Å². The molecule has 0 atom stereocenters. The van der Waals surface area contributed by atoms with Crippen LogP contribution in [0, 0.1) is 5.82 Å². The minimum atomic E-state index is -0.442. The predicted octanol–water partition coefficient (Wildman–Crippen LogP) is 7.19. The third-order valence-corrected chi connectivity index (χ3v) is 6.11. The molecule has 3 aromatic carbocycles. The van der Waals surface area contributed by atoms with Crippen LogP contribution in [-0.2, 0) is 0 Å². The van der Waals surface area contributed by atoms with Crippen LogP contribution < -0.4 is 10.1 Å². The Morgan fingerprint density at radius 2 is 1.88 bits per heavy atom. The highest BCUT2D eigenvalue weighted by molar-refractivity contribution is 7.98. The number of aromatic nitrogens is 1. The van der Waals surface area contributed by atoms with E-state index >= 15 is 0 Å². The lowest BCUT2D eigenvalue weighted by molar-refractivity contribution is 0.102. The van der Waals surface area contributed by atoms with E-state index in [9.17, 15) is 9.18 Å². The third-order valence-electron chi connectivity index (χ3n) is 5.05. The standard InChI is InChI=1S/C26H20ClFN2O2S/c1-32-19-12-16(11-17(28)13-19)22-15-20(33-2)7-8-21(22)26(31)30-18-6-9-24(27)23(14-18)25-5-3-4-10-29-25/h3-15H,1-2H3,(H,30,31).